The standard InChI is InChI=1S/C19H19NO4/c1-3-24-19(23)15-10-14-16(20-18(15)22)8-12(9-17(14)21)13-7-5-4-6-11(13)2/h4-7,10,12H,3,8-9H2,1-2H3,(H,20,22). The first-order chi connectivity index (χ1) is 11.5. The highest BCUT2D eigenvalue weighted by Crippen LogP contribution is 2.33. The predicted octanol–water partition coefficient (Wildman–Crippen LogP) is 2.77. The number of nitrogens with one attached hydrogen (secondary N) is 1. The SMILES string of the molecule is CCOC(=O)c1cc2c([nH]c1=O)CC(c1ccccc1C)CC2=O. The Labute approximate surface area is 139 Å². The van der Waals surface area contributed by atoms with E-state index in [-0.39, 0.29) is 23.9 Å². The molecule has 1 N–H and O–H groups in total. The second-order valence-corrected chi connectivity index (χ2v) is 6.01. The van der Waals surface area contributed by atoms with Gasteiger partial charge in [0.1, 0.15) is 5.56 Å². The van der Waals surface area contributed by atoms with Gasteiger partial charge in [-0.1, -0.05) is 24.3 Å². The molecule has 5 heteroatoms. The Balaban J connectivity index is 1.99. The molecule has 124 valence electrons. The maximum absolute atomic E-state index is 12.6. The second-order valence-electron chi connectivity index (χ2n) is 6.01. The summed E-state index contributed by atoms with van der Waals surface area (Å²) in [4.78, 5) is 39.2. The number of esters is 1. The molecule has 0 bridgehead atoms. The maximum atomic E-state index is 12.6. The number of aryl methyl sites for hydroxylation is 1. The summed E-state index contributed by atoms with van der Waals surface area (Å²) in [6.45, 7) is 3.86. The molecule has 0 saturated heterocycles. The summed E-state index contributed by atoms with van der Waals surface area (Å²) in [5, 5.41) is 0. The minimum atomic E-state index is -0.699. The van der Waals surface area contributed by atoms with Crippen molar-refractivity contribution in [3.63, 3.8) is 0 Å². The number of rotatable bonds is 3. The fourth-order valence-corrected chi connectivity index (χ4v) is 3.26. The molecule has 1 aromatic carbocycles. The van der Waals surface area contributed by atoms with Gasteiger partial charge in [-0.25, -0.2) is 4.79 Å². The van der Waals surface area contributed by atoms with Crippen LogP contribution in [0.4, 0.5) is 0 Å². The first-order valence-electron chi connectivity index (χ1n) is 8.03. The van der Waals surface area contributed by atoms with Gasteiger partial charge in [0.2, 0.25) is 0 Å². The highest BCUT2D eigenvalue weighted by atomic mass is 16.5. The number of aromatic amines is 1. The third kappa shape index (κ3) is 2.89. The highest BCUT2D eigenvalue weighted by molar-refractivity contribution is 6.01. The second kappa shape index (κ2) is 6.43. The molecule has 1 unspecified atom stereocenters. The summed E-state index contributed by atoms with van der Waals surface area (Å²) in [5.41, 5.74) is 2.64. The van der Waals surface area contributed by atoms with E-state index in [4.69, 9.17) is 4.74 Å². The van der Waals surface area contributed by atoms with Crippen molar-refractivity contribution >= 4 is 11.8 Å². The number of hydrogen-bond acceptors (Lipinski definition) is 4. The quantitative estimate of drug-likeness (QED) is 0.880. The van der Waals surface area contributed by atoms with Crippen LogP contribution in [-0.4, -0.2) is 23.3 Å². The maximum Gasteiger partial charge on any atom is 0.343 e. The van der Waals surface area contributed by atoms with Crippen LogP contribution in [-0.2, 0) is 11.2 Å². The number of benzene rings is 1. The average Bonchev–Trinajstić information content (AvgIpc) is 2.54. The van der Waals surface area contributed by atoms with Crippen molar-refractivity contribution in [1.29, 1.82) is 0 Å². The van der Waals surface area contributed by atoms with Crippen LogP contribution in [0.5, 0.6) is 0 Å². The molecule has 5 nitrogen and oxygen atoms in total. The van der Waals surface area contributed by atoms with Crippen LogP contribution in [0.3, 0.4) is 0 Å². The highest BCUT2D eigenvalue weighted by Gasteiger charge is 2.29. The van der Waals surface area contributed by atoms with E-state index in [9.17, 15) is 14.4 Å². The number of ketones is 1. The molecule has 3 rings (SSSR count). The lowest BCUT2D eigenvalue weighted by Crippen LogP contribution is -2.28. The Bertz CT molecular complexity index is 866. The average molecular weight is 325 g/mol. The summed E-state index contributed by atoms with van der Waals surface area (Å²) >= 11 is 0. The zero-order valence-electron chi connectivity index (χ0n) is 13.7. The summed E-state index contributed by atoms with van der Waals surface area (Å²) < 4.78 is 4.87. The zero-order chi connectivity index (χ0) is 17.3. The Morgan fingerprint density at radius 1 is 1.25 bits per heavy atom. The zero-order valence-corrected chi connectivity index (χ0v) is 13.7. The lowest BCUT2D eigenvalue weighted by Gasteiger charge is -2.25. The molecule has 0 radical (unpaired) electrons. The van der Waals surface area contributed by atoms with E-state index in [1.165, 1.54) is 6.07 Å². The van der Waals surface area contributed by atoms with E-state index in [1.54, 1.807) is 6.92 Å². The lowest BCUT2D eigenvalue weighted by molar-refractivity contribution is 0.0524. The van der Waals surface area contributed by atoms with Crippen molar-refractivity contribution < 1.29 is 14.3 Å². The predicted molar refractivity (Wildman–Crippen MR) is 89.6 cm³/mol. The van der Waals surface area contributed by atoms with Crippen LogP contribution in [0.25, 0.3) is 0 Å². The van der Waals surface area contributed by atoms with E-state index in [1.807, 2.05) is 31.2 Å². The van der Waals surface area contributed by atoms with Crippen molar-refractivity contribution in [2.75, 3.05) is 6.61 Å². The molecular weight excluding hydrogens is 306 g/mol. The van der Waals surface area contributed by atoms with Crippen LogP contribution in [0.15, 0.2) is 35.1 Å². The molecule has 2 aromatic rings. The van der Waals surface area contributed by atoms with Gasteiger partial charge in [-0.15, -0.1) is 0 Å². The molecule has 0 amide bonds. The molecule has 0 aliphatic heterocycles. The number of carbonyl (C=O) groups excluding carboxylic acids is 2. The van der Waals surface area contributed by atoms with Crippen molar-refractivity contribution in [3.05, 3.63) is 68.6 Å². The minimum absolute atomic E-state index is 0.0373. The van der Waals surface area contributed by atoms with Gasteiger partial charge in [0, 0.05) is 17.7 Å². The van der Waals surface area contributed by atoms with Crippen LogP contribution in [0.2, 0.25) is 0 Å². The van der Waals surface area contributed by atoms with Crippen LogP contribution >= 0.6 is 0 Å². The molecule has 1 aromatic heterocycles. The van der Waals surface area contributed by atoms with Gasteiger partial charge in [0.25, 0.3) is 5.56 Å². The third-order valence-corrected chi connectivity index (χ3v) is 4.43. The minimum Gasteiger partial charge on any atom is -0.462 e. The Kier molecular flexibility index (Phi) is 4.34. The fourth-order valence-electron chi connectivity index (χ4n) is 3.26. The van der Waals surface area contributed by atoms with Crippen molar-refractivity contribution in [3.8, 4) is 0 Å². The van der Waals surface area contributed by atoms with Crippen molar-refractivity contribution in [2.45, 2.75) is 32.6 Å². The van der Waals surface area contributed by atoms with E-state index < -0.39 is 11.5 Å². The van der Waals surface area contributed by atoms with E-state index in [0.29, 0.717) is 24.1 Å². The molecular formula is C19H19NO4. The number of H-pyrrole nitrogens is 1. The van der Waals surface area contributed by atoms with Gasteiger partial charge in [0.15, 0.2) is 5.78 Å². The Hall–Kier alpha value is -2.69. The van der Waals surface area contributed by atoms with Gasteiger partial charge in [-0.2, -0.15) is 0 Å². The van der Waals surface area contributed by atoms with Crippen LogP contribution in [0.1, 0.15) is 56.8 Å². The number of Topliss-reactive ketones (excluding diaryl/α,β-unsaturated/α-hetero) is 1. The van der Waals surface area contributed by atoms with Crippen molar-refractivity contribution in [1.82, 2.24) is 4.98 Å². The molecule has 1 aliphatic rings. The van der Waals surface area contributed by atoms with E-state index in [0.717, 1.165) is 11.1 Å². The molecule has 1 atom stereocenters. The fraction of sp³-hybridized carbons (Fsp3) is 0.316. The molecule has 24 heavy (non-hydrogen) atoms. The number of aromatic nitrogens is 1. The first kappa shape index (κ1) is 16.2. The normalized spacial score (nSPS) is 16.6. The third-order valence-electron chi connectivity index (χ3n) is 4.43. The smallest absolute Gasteiger partial charge is 0.343 e. The molecule has 1 heterocycles. The van der Waals surface area contributed by atoms with Gasteiger partial charge < -0.3 is 9.72 Å². The number of fused-ring (bicyclic) bond motifs is 1. The molecule has 0 spiro atoms. The topological polar surface area (TPSA) is 76.2 Å². The largest absolute Gasteiger partial charge is 0.462 e. The van der Waals surface area contributed by atoms with Gasteiger partial charge >= 0.3 is 5.97 Å². The van der Waals surface area contributed by atoms with E-state index in [2.05, 4.69) is 4.98 Å². The monoisotopic (exact) mass is 325 g/mol. The first-order valence-corrected chi connectivity index (χ1v) is 8.03. The summed E-state index contributed by atoms with van der Waals surface area (Å²) in [7, 11) is 0. The number of ether oxygens (including phenoxy) is 1. The van der Waals surface area contributed by atoms with Crippen molar-refractivity contribution in [2.24, 2.45) is 0 Å². The molecule has 1 aliphatic carbocycles. The number of hydrogen-bond donors (Lipinski definition) is 1. The lowest BCUT2D eigenvalue weighted by atomic mass is 9.80. The van der Waals surface area contributed by atoms with E-state index >= 15 is 0 Å². The Morgan fingerprint density at radius 3 is 2.71 bits per heavy atom. The van der Waals surface area contributed by atoms with Gasteiger partial charge in [-0.3, -0.25) is 9.59 Å². The van der Waals surface area contributed by atoms with Crippen LogP contribution in [0, 0.1) is 6.92 Å². The summed E-state index contributed by atoms with van der Waals surface area (Å²) in [6, 6.07) is 9.33. The molecule has 0 saturated carbocycles. The Morgan fingerprint density at radius 2 is 2.00 bits per heavy atom. The number of pyridine rings is 1. The number of carbonyl (C=O) groups is 2. The summed E-state index contributed by atoms with van der Waals surface area (Å²) in [6.07, 6.45) is 0.941. The summed E-state index contributed by atoms with van der Waals surface area (Å²) in [5.74, 6) is -0.725. The molecule has 0 fully saturated rings. The van der Waals surface area contributed by atoms with Gasteiger partial charge in [0.05, 0.1) is 6.61 Å². The van der Waals surface area contributed by atoms with Crippen LogP contribution < -0.4 is 5.56 Å². The van der Waals surface area contributed by atoms with Gasteiger partial charge in [-0.05, 0) is 43.4 Å².